The summed E-state index contributed by atoms with van der Waals surface area (Å²) in [6, 6.07) is 1.39. The van der Waals surface area contributed by atoms with Crippen molar-refractivity contribution < 1.29 is 9.90 Å². The minimum absolute atomic E-state index is 0.147. The molecule has 2 rings (SSSR count). The van der Waals surface area contributed by atoms with Crippen molar-refractivity contribution in [1.82, 2.24) is 20.4 Å². The van der Waals surface area contributed by atoms with Crippen LogP contribution >= 0.6 is 11.3 Å². The van der Waals surface area contributed by atoms with Crippen molar-refractivity contribution in [3.8, 4) is 0 Å². The van der Waals surface area contributed by atoms with Crippen LogP contribution in [-0.2, 0) is 12.6 Å². The zero-order valence-corrected chi connectivity index (χ0v) is 14.1. The van der Waals surface area contributed by atoms with Gasteiger partial charge in [-0.25, -0.2) is 4.79 Å². The van der Waals surface area contributed by atoms with Crippen LogP contribution in [0.1, 0.15) is 36.7 Å². The number of aliphatic hydroxyl groups is 1. The fourth-order valence-electron chi connectivity index (χ4n) is 2.29. The molecule has 7 heteroatoms. The number of thiophene rings is 1. The first-order valence-corrected chi connectivity index (χ1v) is 8.03. The van der Waals surface area contributed by atoms with E-state index in [9.17, 15) is 9.90 Å². The highest BCUT2D eigenvalue weighted by atomic mass is 32.1. The lowest BCUT2D eigenvalue weighted by molar-refractivity contribution is 0.0597. The molecule has 2 aromatic heterocycles. The summed E-state index contributed by atoms with van der Waals surface area (Å²) in [6.45, 7) is 5.64. The number of nitrogens with one attached hydrogen (secondary N) is 2. The quantitative estimate of drug-likeness (QED) is 0.788. The van der Waals surface area contributed by atoms with Crippen LogP contribution in [0.15, 0.2) is 23.0 Å². The van der Waals surface area contributed by atoms with Crippen molar-refractivity contribution in [2.24, 2.45) is 7.05 Å². The maximum atomic E-state index is 12.0. The molecule has 0 bridgehead atoms. The molecule has 2 atom stereocenters. The molecule has 0 radical (unpaired) electrons. The van der Waals surface area contributed by atoms with Gasteiger partial charge in [-0.3, -0.25) is 4.68 Å². The molecule has 0 aliphatic rings. The van der Waals surface area contributed by atoms with E-state index in [1.54, 1.807) is 11.6 Å². The number of nitrogens with zero attached hydrogens (tertiary/aromatic N) is 2. The summed E-state index contributed by atoms with van der Waals surface area (Å²) in [5, 5.41) is 24.0. The number of aromatic nitrogens is 2. The molecule has 0 saturated carbocycles. The van der Waals surface area contributed by atoms with Crippen LogP contribution in [0.5, 0.6) is 0 Å². The molecular weight excluding hydrogens is 300 g/mol. The monoisotopic (exact) mass is 322 g/mol. The predicted octanol–water partition coefficient (Wildman–Crippen LogP) is 2.06. The Morgan fingerprint density at radius 1 is 1.59 bits per heavy atom. The van der Waals surface area contributed by atoms with Crippen LogP contribution < -0.4 is 10.6 Å². The van der Waals surface area contributed by atoms with E-state index in [2.05, 4.69) is 15.7 Å². The third-order valence-electron chi connectivity index (χ3n) is 3.60. The maximum absolute atomic E-state index is 12.0. The van der Waals surface area contributed by atoms with E-state index in [4.69, 9.17) is 0 Å². The molecule has 0 saturated heterocycles. The molecular formula is C15H22N4O2S. The lowest BCUT2D eigenvalue weighted by Gasteiger charge is -2.23. The van der Waals surface area contributed by atoms with Gasteiger partial charge in [0.15, 0.2) is 0 Å². The number of aryl methyl sites for hydroxylation is 2. The number of rotatable bonds is 5. The number of urea groups is 1. The summed E-state index contributed by atoms with van der Waals surface area (Å²) in [5.41, 5.74) is 1.59. The number of amides is 2. The first kappa shape index (κ1) is 16.5. The second-order valence-electron chi connectivity index (χ2n) is 5.68. The van der Waals surface area contributed by atoms with E-state index >= 15 is 0 Å². The molecule has 22 heavy (non-hydrogen) atoms. The Bertz CT molecular complexity index is 634. The average Bonchev–Trinajstić information content (AvgIpc) is 3.06. The second kappa shape index (κ2) is 6.50. The van der Waals surface area contributed by atoms with E-state index < -0.39 is 5.60 Å². The smallest absolute Gasteiger partial charge is 0.315 e. The summed E-state index contributed by atoms with van der Waals surface area (Å²) < 4.78 is 1.72. The molecule has 3 N–H and O–H groups in total. The Kier molecular flexibility index (Phi) is 4.87. The molecule has 0 aromatic carbocycles. The predicted molar refractivity (Wildman–Crippen MR) is 86.8 cm³/mol. The Labute approximate surface area is 134 Å². The normalized spacial score (nSPS) is 15.1. The summed E-state index contributed by atoms with van der Waals surface area (Å²) in [7, 11) is 1.85. The molecule has 2 heterocycles. The van der Waals surface area contributed by atoms with Crippen molar-refractivity contribution in [1.29, 1.82) is 0 Å². The summed E-state index contributed by atoms with van der Waals surface area (Å²) in [6.07, 6.45) is 1.89. The van der Waals surface area contributed by atoms with Crippen molar-refractivity contribution in [3.63, 3.8) is 0 Å². The van der Waals surface area contributed by atoms with E-state index in [1.165, 1.54) is 11.3 Å². The Balaban J connectivity index is 1.89. The highest BCUT2D eigenvalue weighted by Crippen LogP contribution is 2.22. The van der Waals surface area contributed by atoms with Crippen molar-refractivity contribution in [2.75, 3.05) is 6.54 Å². The number of hydrogen-bond acceptors (Lipinski definition) is 4. The fraction of sp³-hybridized carbons (Fsp3) is 0.467. The van der Waals surface area contributed by atoms with Gasteiger partial charge in [-0.15, -0.1) is 0 Å². The summed E-state index contributed by atoms with van der Waals surface area (Å²) >= 11 is 1.51. The highest BCUT2D eigenvalue weighted by Gasteiger charge is 2.24. The molecule has 2 amide bonds. The van der Waals surface area contributed by atoms with Crippen LogP contribution in [0.4, 0.5) is 4.79 Å². The molecule has 0 aliphatic carbocycles. The second-order valence-corrected chi connectivity index (χ2v) is 6.46. The van der Waals surface area contributed by atoms with E-state index in [0.29, 0.717) is 0 Å². The molecule has 0 aliphatic heterocycles. The average molecular weight is 322 g/mol. The van der Waals surface area contributed by atoms with Crippen LogP contribution in [-0.4, -0.2) is 27.5 Å². The molecule has 120 valence electrons. The van der Waals surface area contributed by atoms with Crippen molar-refractivity contribution in [2.45, 2.75) is 32.4 Å². The van der Waals surface area contributed by atoms with Crippen LogP contribution in [0.3, 0.4) is 0 Å². The van der Waals surface area contributed by atoms with Gasteiger partial charge < -0.3 is 15.7 Å². The van der Waals surface area contributed by atoms with Gasteiger partial charge in [0, 0.05) is 18.8 Å². The maximum Gasteiger partial charge on any atom is 0.315 e. The first-order valence-electron chi connectivity index (χ1n) is 7.09. The Hall–Kier alpha value is -1.86. The highest BCUT2D eigenvalue weighted by molar-refractivity contribution is 7.08. The van der Waals surface area contributed by atoms with Crippen molar-refractivity contribution >= 4 is 17.4 Å². The lowest BCUT2D eigenvalue weighted by Crippen LogP contribution is -2.44. The van der Waals surface area contributed by atoms with Crippen LogP contribution in [0, 0.1) is 6.92 Å². The zero-order chi connectivity index (χ0) is 16.3. The Morgan fingerprint density at radius 3 is 2.86 bits per heavy atom. The van der Waals surface area contributed by atoms with Crippen LogP contribution in [0.25, 0.3) is 0 Å². The molecule has 0 unspecified atom stereocenters. The molecule has 0 spiro atoms. The van der Waals surface area contributed by atoms with E-state index in [1.807, 2.05) is 43.9 Å². The molecule has 2 aromatic rings. The van der Waals surface area contributed by atoms with Gasteiger partial charge in [-0.1, -0.05) is 0 Å². The largest absolute Gasteiger partial charge is 0.384 e. The third-order valence-corrected chi connectivity index (χ3v) is 4.29. The number of carbonyl (C=O) groups excluding carboxylic acids is 1. The van der Waals surface area contributed by atoms with Gasteiger partial charge in [0.2, 0.25) is 0 Å². The standard InChI is InChI=1S/C15H22N4O2S/c1-10(13-7-19(4)18-11(13)2)17-14(20)16-9-15(3,21)12-5-6-22-8-12/h5-8,10,21H,9H2,1-4H3,(H2,16,17,20)/t10-,15-/m1/s1. The number of hydrogen-bond donors (Lipinski definition) is 3. The Morgan fingerprint density at radius 2 is 2.32 bits per heavy atom. The summed E-state index contributed by atoms with van der Waals surface area (Å²) in [5.74, 6) is 0. The zero-order valence-electron chi connectivity index (χ0n) is 13.3. The number of carbonyl (C=O) groups is 1. The minimum atomic E-state index is -1.08. The first-order chi connectivity index (χ1) is 10.3. The molecule has 0 fully saturated rings. The molecule has 6 nitrogen and oxygen atoms in total. The third kappa shape index (κ3) is 3.86. The fourth-order valence-corrected chi connectivity index (χ4v) is 3.08. The van der Waals surface area contributed by atoms with Gasteiger partial charge in [0.25, 0.3) is 0 Å². The SMILES string of the molecule is Cc1nn(C)cc1[C@@H](C)NC(=O)NC[C@@](C)(O)c1ccsc1. The lowest BCUT2D eigenvalue weighted by atomic mass is 9.99. The van der Waals surface area contributed by atoms with E-state index in [0.717, 1.165) is 16.8 Å². The van der Waals surface area contributed by atoms with Gasteiger partial charge in [0.05, 0.1) is 18.3 Å². The minimum Gasteiger partial charge on any atom is -0.384 e. The van der Waals surface area contributed by atoms with Crippen molar-refractivity contribution in [3.05, 3.63) is 39.8 Å². The van der Waals surface area contributed by atoms with Gasteiger partial charge in [-0.2, -0.15) is 16.4 Å². The van der Waals surface area contributed by atoms with Gasteiger partial charge in [-0.05, 0) is 43.2 Å². The topological polar surface area (TPSA) is 79.2 Å². The van der Waals surface area contributed by atoms with Gasteiger partial charge in [0.1, 0.15) is 5.60 Å². The van der Waals surface area contributed by atoms with E-state index in [-0.39, 0.29) is 18.6 Å². The van der Waals surface area contributed by atoms with Crippen LogP contribution in [0.2, 0.25) is 0 Å². The van der Waals surface area contributed by atoms with Gasteiger partial charge >= 0.3 is 6.03 Å². The summed E-state index contributed by atoms with van der Waals surface area (Å²) in [4.78, 5) is 12.0.